The first-order valence-electron chi connectivity index (χ1n) is 17.0. The number of amides is 1. The number of carbonyl (C=O) groups excluding carboxylic acids is 1. The van der Waals surface area contributed by atoms with Gasteiger partial charge in [-0.15, -0.1) is 0 Å². The molecule has 1 aromatic heterocycles. The number of benzene rings is 2. The monoisotopic (exact) mass is 660 g/mol. The summed E-state index contributed by atoms with van der Waals surface area (Å²) in [5.74, 6) is 0.270. The minimum absolute atomic E-state index is 0.243. The quantitative estimate of drug-likeness (QED) is 0.175. The van der Waals surface area contributed by atoms with Crippen LogP contribution in [0, 0.1) is 0 Å². The van der Waals surface area contributed by atoms with E-state index in [9.17, 15) is 4.79 Å². The summed E-state index contributed by atoms with van der Waals surface area (Å²) < 4.78 is 24.4. The summed E-state index contributed by atoms with van der Waals surface area (Å²) in [6, 6.07) is 16.2. The Morgan fingerprint density at radius 3 is 2.19 bits per heavy atom. The lowest BCUT2D eigenvalue weighted by molar-refractivity contribution is 0.00578. The Hall–Kier alpha value is -2.99. The van der Waals surface area contributed by atoms with Crippen LogP contribution in [0.2, 0.25) is 25.7 Å². The van der Waals surface area contributed by atoms with Gasteiger partial charge in [-0.1, -0.05) is 62.1 Å². The van der Waals surface area contributed by atoms with Gasteiger partial charge in [0.15, 0.2) is 6.73 Å². The molecule has 1 amide bonds. The van der Waals surface area contributed by atoms with Crippen molar-refractivity contribution in [3.8, 4) is 22.4 Å². The maximum absolute atomic E-state index is 12.8. The second-order valence-corrected chi connectivity index (χ2v) is 21.8. The molecular formula is C36H53BN4O5Si. The Labute approximate surface area is 282 Å². The van der Waals surface area contributed by atoms with Crippen molar-refractivity contribution < 1.29 is 23.6 Å². The molecule has 5 rings (SSSR count). The van der Waals surface area contributed by atoms with Crippen molar-refractivity contribution in [2.75, 3.05) is 19.7 Å². The summed E-state index contributed by atoms with van der Waals surface area (Å²) >= 11 is 0. The van der Waals surface area contributed by atoms with E-state index in [2.05, 4.69) is 100.0 Å². The van der Waals surface area contributed by atoms with Gasteiger partial charge in [-0.25, -0.2) is 4.79 Å². The molecule has 9 nitrogen and oxygen atoms in total. The minimum Gasteiger partial charge on any atom is -0.444 e. The summed E-state index contributed by atoms with van der Waals surface area (Å²) in [5, 5.41) is 9.07. The maximum atomic E-state index is 12.8. The molecule has 2 aliphatic rings. The van der Waals surface area contributed by atoms with Gasteiger partial charge in [0.2, 0.25) is 0 Å². The Morgan fingerprint density at radius 1 is 0.979 bits per heavy atom. The Bertz CT molecular complexity index is 1520. The smallest absolute Gasteiger partial charge is 0.444 e. The largest absolute Gasteiger partial charge is 0.494 e. The van der Waals surface area contributed by atoms with Crippen molar-refractivity contribution in [2.45, 2.75) is 116 Å². The van der Waals surface area contributed by atoms with E-state index in [1.165, 1.54) is 11.1 Å². The van der Waals surface area contributed by atoms with Gasteiger partial charge in [0.05, 0.1) is 17.4 Å². The zero-order valence-electron chi connectivity index (χ0n) is 30.1. The van der Waals surface area contributed by atoms with Gasteiger partial charge in [-0.05, 0) is 95.4 Å². The van der Waals surface area contributed by atoms with Crippen molar-refractivity contribution in [1.29, 1.82) is 0 Å². The van der Waals surface area contributed by atoms with E-state index in [4.69, 9.17) is 18.8 Å². The lowest BCUT2D eigenvalue weighted by Crippen LogP contribution is -2.41. The SMILES string of the molecule is CC(C)(C)OC(=O)N1CCC(c2cc(B3OC(C)(C)C(C)(C)O3)ccc2-c2ccc(-c3cnn(COCC[Si](C)(C)C)n3)cc2)CC1. The fourth-order valence-corrected chi connectivity index (χ4v) is 6.60. The highest BCUT2D eigenvalue weighted by Crippen LogP contribution is 2.39. The van der Waals surface area contributed by atoms with Crippen LogP contribution in [-0.2, 0) is 25.5 Å². The highest BCUT2D eigenvalue weighted by Gasteiger charge is 2.51. The molecular weight excluding hydrogens is 607 g/mol. The molecule has 2 aliphatic heterocycles. The third-order valence-electron chi connectivity index (χ3n) is 9.42. The molecule has 2 fully saturated rings. The lowest BCUT2D eigenvalue weighted by atomic mass is 9.74. The molecule has 3 aromatic rings. The van der Waals surface area contributed by atoms with Crippen molar-refractivity contribution in [2.24, 2.45) is 0 Å². The van der Waals surface area contributed by atoms with Gasteiger partial charge in [0.25, 0.3) is 0 Å². The van der Waals surface area contributed by atoms with Gasteiger partial charge in [0, 0.05) is 33.3 Å². The first-order valence-corrected chi connectivity index (χ1v) is 20.7. The van der Waals surface area contributed by atoms with Crippen LogP contribution in [0.4, 0.5) is 4.79 Å². The van der Waals surface area contributed by atoms with Crippen molar-refractivity contribution in [3.05, 3.63) is 54.2 Å². The number of nitrogens with zero attached hydrogens (tertiary/aromatic N) is 4. The van der Waals surface area contributed by atoms with Crippen LogP contribution in [0.1, 0.15) is 72.8 Å². The molecule has 0 atom stereocenters. The van der Waals surface area contributed by atoms with E-state index in [1.54, 1.807) is 11.0 Å². The first kappa shape index (κ1) is 35.3. The second kappa shape index (κ2) is 13.5. The van der Waals surface area contributed by atoms with Gasteiger partial charge in [-0.3, -0.25) is 0 Å². The number of hydrogen-bond acceptors (Lipinski definition) is 7. The molecule has 0 bridgehead atoms. The Kier molecular flexibility index (Phi) is 10.1. The number of piperidine rings is 1. The average molecular weight is 661 g/mol. The van der Waals surface area contributed by atoms with Crippen LogP contribution < -0.4 is 5.46 Å². The molecule has 2 saturated heterocycles. The number of carbonyl (C=O) groups is 1. The molecule has 0 aliphatic carbocycles. The standard InChI is InChI=1S/C36H53BN4O5Si/c1-34(2,3)44-33(42)40-19-17-27(18-20-40)31-23-29(37-45-35(4,5)36(6,7)46-37)15-16-30(31)26-11-13-28(14-12-26)32-24-38-41(39-32)25-43-21-22-47(8,9)10/h11-16,23-24,27H,17-22,25H2,1-10H3. The normalized spacial score (nSPS) is 18.5. The fraction of sp³-hybridized carbons (Fsp3) is 0.583. The molecule has 2 aromatic carbocycles. The van der Waals surface area contributed by atoms with Gasteiger partial charge >= 0.3 is 13.2 Å². The zero-order chi connectivity index (χ0) is 34.2. The lowest BCUT2D eigenvalue weighted by Gasteiger charge is -2.34. The molecule has 0 unspecified atom stereocenters. The summed E-state index contributed by atoms with van der Waals surface area (Å²) in [6.45, 7) is 23.5. The molecule has 0 N–H and O–H groups in total. The number of hydrogen-bond donors (Lipinski definition) is 0. The third-order valence-corrected chi connectivity index (χ3v) is 11.1. The topological polar surface area (TPSA) is 87.9 Å². The predicted molar refractivity (Wildman–Crippen MR) is 190 cm³/mol. The predicted octanol–water partition coefficient (Wildman–Crippen LogP) is 7.34. The highest BCUT2D eigenvalue weighted by molar-refractivity contribution is 6.76. The number of aromatic nitrogens is 3. The highest BCUT2D eigenvalue weighted by atomic mass is 28.3. The van der Waals surface area contributed by atoms with Crippen molar-refractivity contribution >= 4 is 26.7 Å². The van der Waals surface area contributed by atoms with E-state index in [0.29, 0.717) is 19.8 Å². The van der Waals surface area contributed by atoms with E-state index in [0.717, 1.165) is 47.8 Å². The van der Waals surface area contributed by atoms with Crippen LogP contribution in [0.5, 0.6) is 0 Å². The van der Waals surface area contributed by atoms with Gasteiger partial charge < -0.3 is 23.7 Å². The van der Waals surface area contributed by atoms with Crippen LogP contribution >= 0.6 is 0 Å². The second-order valence-electron chi connectivity index (χ2n) is 16.2. The van der Waals surface area contributed by atoms with E-state index >= 15 is 0 Å². The maximum Gasteiger partial charge on any atom is 0.494 e. The Balaban J connectivity index is 1.36. The molecule has 11 heteroatoms. The number of ether oxygens (including phenoxy) is 2. The summed E-state index contributed by atoms with van der Waals surface area (Å²) in [5.41, 5.74) is 5.01. The van der Waals surface area contributed by atoms with E-state index in [-0.39, 0.29) is 12.0 Å². The van der Waals surface area contributed by atoms with Crippen LogP contribution in [-0.4, -0.2) is 77.7 Å². The summed E-state index contributed by atoms with van der Waals surface area (Å²) in [6.07, 6.45) is 3.24. The number of likely N-dealkylation sites (tertiary alicyclic amines) is 1. The molecule has 0 radical (unpaired) electrons. The Morgan fingerprint density at radius 2 is 1.60 bits per heavy atom. The van der Waals surface area contributed by atoms with Crippen LogP contribution in [0.15, 0.2) is 48.7 Å². The van der Waals surface area contributed by atoms with Crippen LogP contribution in [0.25, 0.3) is 22.4 Å². The molecule has 47 heavy (non-hydrogen) atoms. The van der Waals surface area contributed by atoms with Gasteiger partial charge in [0.1, 0.15) is 11.3 Å². The fourth-order valence-electron chi connectivity index (χ4n) is 5.84. The molecule has 254 valence electrons. The molecule has 3 heterocycles. The summed E-state index contributed by atoms with van der Waals surface area (Å²) in [4.78, 5) is 16.2. The summed E-state index contributed by atoms with van der Waals surface area (Å²) in [7, 11) is -1.58. The van der Waals surface area contributed by atoms with E-state index in [1.807, 2.05) is 25.7 Å². The van der Waals surface area contributed by atoms with Crippen molar-refractivity contribution in [1.82, 2.24) is 19.9 Å². The van der Waals surface area contributed by atoms with Crippen molar-refractivity contribution in [3.63, 3.8) is 0 Å². The minimum atomic E-state index is -1.14. The zero-order valence-corrected chi connectivity index (χ0v) is 31.1. The number of rotatable bonds is 9. The van der Waals surface area contributed by atoms with E-state index < -0.39 is 32.0 Å². The van der Waals surface area contributed by atoms with Gasteiger partial charge in [-0.2, -0.15) is 15.0 Å². The average Bonchev–Trinajstić information content (AvgIpc) is 3.54. The molecule has 0 saturated carbocycles. The molecule has 0 spiro atoms. The third kappa shape index (κ3) is 8.73. The van der Waals surface area contributed by atoms with Crippen LogP contribution in [0.3, 0.4) is 0 Å². The first-order chi connectivity index (χ1) is 21.9.